The molecule has 0 radical (unpaired) electrons. The predicted octanol–water partition coefficient (Wildman–Crippen LogP) is 5.16. The van der Waals surface area contributed by atoms with Gasteiger partial charge in [-0.25, -0.2) is 4.39 Å². The average molecular weight is 420 g/mol. The van der Waals surface area contributed by atoms with Crippen molar-refractivity contribution < 1.29 is 19.0 Å². The van der Waals surface area contributed by atoms with Gasteiger partial charge in [-0.05, 0) is 48.4 Å². The lowest BCUT2D eigenvalue weighted by Crippen LogP contribution is -2.33. The Hall–Kier alpha value is -3.38. The molecule has 0 spiro atoms. The summed E-state index contributed by atoms with van der Waals surface area (Å²) in [6.07, 6.45) is 0.171. The molecule has 3 aromatic rings. The maximum absolute atomic E-state index is 13.5. The molecule has 0 aromatic heterocycles. The van der Waals surface area contributed by atoms with Crippen LogP contribution >= 0.6 is 0 Å². The van der Waals surface area contributed by atoms with Gasteiger partial charge in [0.05, 0.1) is 13.7 Å². The third-order valence-corrected chi connectivity index (χ3v) is 5.34. The van der Waals surface area contributed by atoms with Crippen LogP contribution in [0.1, 0.15) is 42.2 Å². The van der Waals surface area contributed by atoms with Crippen molar-refractivity contribution in [2.45, 2.75) is 25.6 Å². The first-order chi connectivity index (χ1) is 15.1. The number of methoxy groups -OCH3 is 1. The van der Waals surface area contributed by atoms with Gasteiger partial charge in [-0.15, -0.1) is 0 Å². The van der Waals surface area contributed by atoms with Crippen LogP contribution in [0.3, 0.4) is 0 Å². The maximum Gasteiger partial charge on any atom is 0.162 e. The van der Waals surface area contributed by atoms with Crippen LogP contribution in [0.25, 0.3) is 0 Å². The number of rotatable bonds is 6. The third kappa shape index (κ3) is 4.54. The minimum Gasteiger partial charge on any atom is -0.504 e. The van der Waals surface area contributed by atoms with Crippen LogP contribution < -0.4 is 14.8 Å². The summed E-state index contributed by atoms with van der Waals surface area (Å²) in [4.78, 5) is 4.91. The van der Waals surface area contributed by atoms with E-state index in [0.717, 1.165) is 28.2 Å². The number of phenols is 1. The number of phenolic OH excluding ortho intramolecular Hbond substituents is 1. The van der Waals surface area contributed by atoms with Crippen molar-refractivity contribution in [3.63, 3.8) is 0 Å². The van der Waals surface area contributed by atoms with E-state index >= 15 is 0 Å². The molecule has 160 valence electrons. The molecular formula is C25H25FN2O3. The molecule has 0 amide bonds. The lowest BCUT2D eigenvalue weighted by Gasteiger charge is -2.31. The van der Waals surface area contributed by atoms with E-state index in [-0.39, 0.29) is 17.6 Å². The van der Waals surface area contributed by atoms with E-state index < -0.39 is 6.17 Å². The maximum atomic E-state index is 13.5. The number of para-hydroxylation sites is 1. The molecular weight excluding hydrogens is 395 g/mol. The molecule has 1 aliphatic heterocycles. The Labute approximate surface area is 181 Å². The predicted molar refractivity (Wildman–Crippen MR) is 118 cm³/mol. The normalized spacial score (nSPS) is 18.4. The molecule has 0 aliphatic carbocycles. The first-order valence-corrected chi connectivity index (χ1v) is 10.3. The van der Waals surface area contributed by atoms with Gasteiger partial charge in [0.25, 0.3) is 0 Å². The number of hydrogen-bond donors (Lipinski definition) is 2. The molecule has 6 heteroatoms. The van der Waals surface area contributed by atoms with Crippen molar-refractivity contribution in [2.75, 3.05) is 13.7 Å². The van der Waals surface area contributed by atoms with E-state index in [2.05, 4.69) is 5.32 Å². The van der Waals surface area contributed by atoms with Crippen molar-refractivity contribution in [2.24, 2.45) is 4.99 Å². The quantitative estimate of drug-likeness (QED) is 0.578. The summed E-state index contributed by atoms with van der Waals surface area (Å²) >= 11 is 0. The summed E-state index contributed by atoms with van der Waals surface area (Å²) in [7, 11) is 1.63. The van der Waals surface area contributed by atoms with Gasteiger partial charge >= 0.3 is 0 Å². The van der Waals surface area contributed by atoms with E-state index in [9.17, 15) is 9.50 Å². The Kier molecular flexibility index (Phi) is 6.18. The standard InChI is InChI=1S/C25H25FN2O3/c1-3-31-23-9-5-8-20(24(23)29)22-15-21(17-6-4-7-19(14-17)30-2)27-25(28-22)16-10-12-18(26)13-11-16/h4-14,22,25,28-29H,3,15H2,1-2H3/t22-,25+/m1/s1. The van der Waals surface area contributed by atoms with Crippen LogP contribution in [0, 0.1) is 5.82 Å². The number of aromatic hydroxyl groups is 1. The van der Waals surface area contributed by atoms with Crippen LogP contribution in [0.2, 0.25) is 0 Å². The topological polar surface area (TPSA) is 63.1 Å². The van der Waals surface area contributed by atoms with E-state index in [1.165, 1.54) is 12.1 Å². The number of aliphatic imine (C=N–C) groups is 1. The van der Waals surface area contributed by atoms with E-state index in [4.69, 9.17) is 14.5 Å². The molecule has 0 unspecified atom stereocenters. The summed E-state index contributed by atoms with van der Waals surface area (Å²) in [5, 5.41) is 14.3. The molecule has 4 rings (SSSR count). The van der Waals surface area contributed by atoms with Gasteiger partial charge < -0.3 is 14.6 Å². The summed E-state index contributed by atoms with van der Waals surface area (Å²) in [5.74, 6) is 1.02. The number of hydrogen-bond acceptors (Lipinski definition) is 5. The highest BCUT2D eigenvalue weighted by molar-refractivity contribution is 6.02. The molecule has 1 aliphatic rings. The van der Waals surface area contributed by atoms with Gasteiger partial charge in [0, 0.05) is 23.7 Å². The minimum atomic E-state index is -0.393. The number of ether oxygens (including phenoxy) is 2. The van der Waals surface area contributed by atoms with Crippen molar-refractivity contribution in [1.82, 2.24) is 5.32 Å². The fourth-order valence-electron chi connectivity index (χ4n) is 3.79. The Balaban J connectivity index is 1.75. The molecule has 0 saturated heterocycles. The highest BCUT2D eigenvalue weighted by Gasteiger charge is 2.28. The van der Waals surface area contributed by atoms with E-state index in [1.807, 2.05) is 43.3 Å². The number of benzene rings is 3. The van der Waals surface area contributed by atoms with Gasteiger partial charge in [-0.1, -0.05) is 36.4 Å². The van der Waals surface area contributed by atoms with Crippen molar-refractivity contribution in [3.8, 4) is 17.2 Å². The highest BCUT2D eigenvalue weighted by atomic mass is 19.1. The monoisotopic (exact) mass is 420 g/mol. The molecule has 5 nitrogen and oxygen atoms in total. The third-order valence-electron chi connectivity index (χ3n) is 5.34. The van der Waals surface area contributed by atoms with Crippen molar-refractivity contribution >= 4 is 5.71 Å². The minimum absolute atomic E-state index is 0.117. The summed E-state index contributed by atoms with van der Waals surface area (Å²) in [6.45, 7) is 2.34. The van der Waals surface area contributed by atoms with E-state index in [0.29, 0.717) is 18.8 Å². The molecule has 0 saturated carbocycles. The number of nitrogens with zero attached hydrogens (tertiary/aromatic N) is 1. The lowest BCUT2D eigenvalue weighted by molar-refractivity contribution is 0.313. The SMILES string of the molecule is CCOc1cccc([C@H]2CC(c3cccc(OC)c3)=N[C@H](c3ccc(F)cc3)N2)c1O. The second-order valence-electron chi connectivity index (χ2n) is 7.31. The fraction of sp³-hybridized carbons (Fsp3) is 0.240. The first-order valence-electron chi connectivity index (χ1n) is 10.3. The zero-order chi connectivity index (χ0) is 21.8. The highest BCUT2D eigenvalue weighted by Crippen LogP contribution is 2.39. The molecule has 0 fully saturated rings. The molecule has 2 N–H and O–H groups in total. The second-order valence-corrected chi connectivity index (χ2v) is 7.31. The van der Waals surface area contributed by atoms with Gasteiger partial charge in [0.1, 0.15) is 17.7 Å². The van der Waals surface area contributed by atoms with Crippen LogP contribution in [0.15, 0.2) is 71.7 Å². The summed E-state index contributed by atoms with van der Waals surface area (Å²) < 4.78 is 24.4. The van der Waals surface area contributed by atoms with Gasteiger partial charge in [-0.2, -0.15) is 0 Å². The molecule has 1 heterocycles. The summed E-state index contributed by atoms with van der Waals surface area (Å²) in [5.41, 5.74) is 3.39. The Morgan fingerprint density at radius 2 is 1.87 bits per heavy atom. The van der Waals surface area contributed by atoms with Crippen molar-refractivity contribution in [1.29, 1.82) is 0 Å². The second kappa shape index (κ2) is 9.18. The molecule has 0 bridgehead atoms. The van der Waals surface area contributed by atoms with E-state index in [1.54, 1.807) is 25.3 Å². The number of halogens is 1. The number of nitrogens with one attached hydrogen (secondary N) is 1. The zero-order valence-electron chi connectivity index (χ0n) is 17.5. The van der Waals surface area contributed by atoms with Crippen LogP contribution in [-0.2, 0) is 0 Å². The first kappa shape index (κ1) is 20.9. The zero-order valence-corrected chi connectivity index (χ0v) is 17.5. The van der Waals surface area contributed by atoms with Crippen molar-refractivity contribution in [3.05, 3.63) is 89.2 Å². The fourth-order valence-corrected chi connectivity index (χ4v) is 3.79. The van der Waals surface area contributed by atoms with Crippen LogP contribution in [0.4, 0.5) is 4.39 Å². The Morgan fingerprint density at radius 3 is 2.61 bits per heavy atom. The Bertz CT molecular complexity index is 1080. The Morgan fingerprint density at radius 1 is 1.10 bits per heavy atom. The van der Waals surface area contributed by atoms with Gasteiger partial charge in [-0.3, -0.25) is 10.3 Å². The van der Waals surface area contributed by atoms with Crippen LogP contribution in [-0.4, -0.2) is 24.5 Å². The largest absolute Gasteiger partial charge is 0.504 e. The van der Waals surface area contributed by atoms with Gasteiger partial charge in [0.15, 0.2) is 11.5 Å². The molecule has 3 aromatic carbocycles. The average Bonchev–Trinajstić information content (AvgIpc) is 2.81. The molecule has 31 heavy (non-hydrogen) atoms. The van der Waals surface area contributed by atoms with Crippen LogP contribution in [0.5, 0.6) is 17.2 Å². The van der Waals surface area contributed by atoms with Gasteiger partial charge in [0.2, 0.25) is 0 Å². The molecule has 2 atom stereocenters. The smallest absolute Gasteiger partial charge is 0.162 e. The lowest BCUT2D eigenvalue weighted by atomic mass is 9.93. The summed E-state index contributed by atoms with van der Waals surface area (Å²) in [6, 6.07) is 19.3.